The van der Waals surface area contributed by atoms with Gasteiger partial charge in [-0.05, 0) is 29.8 Å². The summed E-state index contributed by atoms with van der Waals surface area (Å²) >= 11 is 0. The van der Waals surface area contributed by atoms with Crippen LogP contribution in [0.15, 0.2) is 42.5 Å². The van der Waals surface area contributed by atoms with Crippen molar-refractivity contribution in [3.8, 4) is 0 Å². The predicted molar refractivity (Wildman–Crippen MR) is 86.6 cm³/mol. The molecule has 27 heavy (non-hydrogen) atoms. The zero-order valence-electron chi connectivity index (χ0n) is 13.9. The first kappa shape index (κ1) is 20.3. The number of hydrogen-bond donors (Lipinski definition) is 2. The molecule has 144 valence electrons. The fourth-order valence-electron chi connectivity index (χ4n) is 2.16. The van der Waals surface area contributed by atoms with Crippen LogP contribution in [0.25, 0.3) is 0 Å². The Morgan fingerprint density at radius 2 is 1.59 bits per heavy atom. The van der Waals surface area contributed by atoms with E-state index in [1.165, 1.54) is 12.1 Å². The molecule has 0 aliphatic carbocycles. The van der Waals surface area contributed by atoms with E-state index in [1.807, 2.05) is 0 Å². The van der Waals surface area contributed by atoms with Crippen molar-refractivity contribution in [1.82, 2.24) is 10.6 Å². The second-order valence-corrected chi connectivity index (χ2v) is 5.60. The molecule has 0 saturated heterocycles. The van der Waals surface area contributed by atoms with Crippen molar-refractivity contribution >= 4 is 11.8 Å². The molecule has 0 bridgehead atoms. The maximum atomic E-state index is 13.4. The van der Waals surface area contributed by atoms with Gasteiger partial charge in [0.15, 0.2) is 0 Å². The van der Waals surface area contributed by atoms with E-state index in [9.17, 15) is 31.5 Å². The second kappa shape index (κ2) is 8.61. The molecule has 2 amide bonds. The smallest absolute Gasteiger partial charge is 0.352 e. The predicted octanol–water partition coefficient (Wildman–Crippen LogP) is 3.42. The highest BCUT2D eigenvalue weighted by atomic mass is 19.4. The molecule has 0 saturated carbocycles. The minimum atomic E-state index is -4.43. The van der Waals surface area contributed by atoms with E-state index >= 15 is 0 Å². The summed E-state index contributed by atoms with van der Waals surface area (Å²) in [4.78, 5) is 23.5. The Morgan fingerprint density at radius 3 is 2.19 bits per heavy atom. The molecule has 2 aromatic carbocycles. The largest absolute Gasteiger partial charge is 0.416 e. The van der Waals surface area contributed by atoms with E-state index in [0.717, 1.165) is 24.3 Å². The van der Waals surface area contributed by atoms with E-state index in [-0.39, 0.29) is 25.1 Å². The summed E-state index contributed by atoms with van der Waals surface area (Å²) in [6.07, 6.45) is -4.54. The van der Waals surface area contributed by atoms with Gasteiger partial charge in [-0.25, -0.2) is 8.78 Å². The van der Waals surface area contributed by atoms with Crippen molar-refractivity contribution in [2.45, 2.75) is 19.1 Å². The van der Waals surface area contributed by atoms with Crippen LogP contribution >= 0.6 is 0 Å². The lowest BCUT2D eigenvalue weighted by Gasteiger charge is -2.09. The van der Waals surface area contributed by atoms with Crippen LogP contribution in [0, 0.1) is 11.6 Å². The Labute approximate surface area is 151 Å². The summed E-state index contributed by atoms with van der Waals surface area (Å²) < 4.78 is 63.6. The van der Waals surface area contributed by atoms with Gasteiger partial charge in [-0.2, -0.15) is 13.2 Å². The number of amides is 2. The number of halogens is 5. The molecule has 0 fully saturated rings. The third-order valence-corrected chi connectivity index (χ3v) is 3.58. The number of alkyl halides is 3. The first-order valence-electron chi connectivity index (χ1n) is 7.83. The third kappa shape index (κ3) is 6.05. The van der Waals surface area contributed by atoms with Crippen LogP contribution < -0.4 is 10.6 Å². The minimum Gasteiger partial charge on any atom is -0.352 e. The van der Waals surface area contributed by atoms with Gasteiger partial charge >= 0.3 is 6.18 Å². The van der Waals surface area contributed by atoms with Gasteiger partial charge in [0.25, 0.3) is 5.91 Å². The van der Waals surface area contributed by atoms with E-state index in [4.69, 9.17) is 0 Å². The lowest BCUT2D eigenvalue weighted by Crippen LogP contribution is -2.31. The molecule has 0 spiro atoms. The zero-order valence-corrected chi connectivity index (χ0v) is 13.9. The van der Waals surface area contributed by atoms with Gasteiger partial charge < -0.3 is 10.6 Å². The fraction of sp³-hybridized carbons (Fsp3) is 0.222. The van der Waals surface area contributed by atoms with Gasteiger partial charge in [0, 0.05) is 25.6 Å². The molecule has 0 atom stereocenters. The Bertz CT molecular complexity index is 819. The number of hydrogen-bond acceptors (Lipinski definition) is 2. The third-order valence-electron chi connectivity index (χ3n) is 3.58. The molecule has 4 nitrogen and oxygen atoms in total. The quantitative estimate of drug-likeness (QED) is 0.748. The molecule has 0 heterocycles. The summed E-state index contributed by atoms with van der Waals surface area (Å²) in [7, 11) is 0. The van der Waals surface area contributed by atoms with Crippen molar-refractivity contribution < 1.29 is 31.5 Å². The van der Waals surface area contributed by atoms with Crippen LogP contribution in [0.3, 0.4) is 0 Å². The number of carbonyl (C=O) groups excluding carboxylic acids is 2. The average molecular weight is 386 g/mol. The Hall–Kier alpha value is -2.97. The SMILES string of the molecule is O=C(CCNC(=O)c1ccc(F)cc1F)NCc1ccc(C(F)(F)F)cc1. The van der Waals surface area contributed by atoms with Gasteiger partial charge in [0.1, 0.15) is 11.6 Å². The first-order chi connectivity index (χ1) is 12.7. The molecular weight excluding hydrogens is 371 g/mol. The Balaban J connectivity index is 1.75. The van der Waals surface area contributed by atoms with E-state index < -0.39 is 35.2 Å². The molecule has 2 rings (SSSR count). The van der Waals surface area contributed by atoms with Gasteiger partial charge in [-0.15, -0.1) is 0 Å². The van der Waals surface area contributed by atoms with E-state index in [1.54, 1.807) is 0 Å². The van der Waals surface area contributed by atoms with Crippen molar-refractivity contribution in [3.63, 3.8) is 0 Å². The van der Waals surface area contributed by atoms with Crippen molar-refractivity contribution in [2.75, 3.05) is 6.54 Å². The van der Waals surface area contributed by atoms with Crippen molar-refractivity contribution in [1.29, 1.82) is 0 Å². The number of carbonyl (C=O) groups is 2. The molecule has 0 aromatic heterocycles. The maximum absolute atomic E-state index is 13.4. The zero-order chi connectivity index (χ0) is 20.0. The number of nitrogens with one attached hydrogen (secondary N) is 2. The van der Waals surface area contributed by atoms with Gasteiger partial charge in [0.05, 0.1) is 11.1 Å². The van der Waals surface area contributed by atoms with E-state index in [2.05, 4.69) is 10.6 Å². The lowest BCUT2D eigenvalue weighted by atomic mass is 10.1. The van der Waals surface area contributed by atoms with Crippen LogP contribution in [-0.2, 0) is 17.5 Å². The lowest BCUT2D eigenvalue weighted by molar-refractivity contribution is -0.137. The summed E-state index contributed by atoms with van der Waals surface area (Å²) in [5.41, 5.74) is -0.649. The normalized spacial score (nSPS) is 11.1. The maximum Gasteiger partial charge on any atom is 0.416 e. The van der Waals surface area contributed by atoms with Crippen molar-refractivity contribution in [3.05, 3.63) is 70.8 Å². The van der Waals surface area contributed by atoms with Crippen LogP contribution in [-0.4, -0.2) is 18.4 Å². The Kier molecular flexibility index (Phi) is 6.49. The summed E-state index contributed by atoms with van der Waals surface area (Å²) in [6.45, 7) is -0.0635. The molecule has 0 aliphatic heterocycles. The standard InChI is InChI=1S/C18H15F5N2O2/c19-13-5-6-14(15(20)9-13)17(27)24-8-7-16(26)25-10-11-1-3-12(4-2-11)18(21,22)23/h1-6,9H,7-8,10H2,(H,24,27)(H,25,26). The minimum absolute atomic E-state index is 0.0253. The summed E-state index contributed by atoms with van der Waals surface area (Å²) in [5, 5.41) is 4.82. The average Bonchev–Trinajstić information content (AvgIpc) is 2.59. The molecule has 0 unspecified atom stereocenters. The summed E-state index contributed by atoms with van der Waals surface area (Å²) in [6, 6.07) is 6.84. The summed E-state index contributed by atoms with van der Waals surface area (Å²) in [5.74, 6) is -3.07. The van der Waals surface area contributed by atoms with Crippen LogP contribution in [0.4, 0.5) is 22.0 Å². The molecular formula is C18H15F5N2O2. The van der Waals surface area contributed by atoms with Gasteiger partial charge in [0.2, 0.25) is 5.91 Å². The number of benzene rings is 2. The second-order valence-electron chi connectivity index (χ2n) is 5.60. The molecule has 2 aromatic rings. The van der Waals surface area contributed by atoms with Crippen LogP contribution in [0.2, 0.25) is 0 Å². The highest BCUT2D eigenvalue weighted by molar-refractivity contribution is 5.94. The Morgan fingerprint density at radius 1 is 0.926 bits per heavy atom. The highest BCUT2D eigenvalue weighted by Gasteiger charge is 2.29. The van der Waals surface area contributed by atoms with Crippen molar-refractivity contribution in [2.24, 2.45) is 0 Å². The van der Waals surface area contributed by atoms with Crippen LogP contribution in [0.1, 0.15) is 27.9 Å². The monoisotopic (exact) mass is 386 g/mol. The molecule has 9 heteroatoms. The van der Waals surface area contributed by atoms with Gasteiger partial charge in [-0.1, -0.05) is 12.1 Å². The van der Waals surface area contributed by atoms with E-state index in [0.29, 0.717) is 11.6 Å². The topological polar surface area (TPSA) is 58.2 Å². The van der Waals surface area contributed by atoms with Gasteiger partial charge in [-0.3, -0.25) is 9.59 Å². The number of rotatable bonds is 6. The fourth-order valence-corrected chi connectivity index (χ4v) is 2.16. The van der Waals surface area contributed by atoms with Crippen LogP contribution in [0.5, 0.6) is 0 Å². The highest BCUT2D eigenvalue weighted by Crippen LogP contribution is 2.29. The first-order valence-corrected chi connectivity index (χ1v) is 7.83. The molecule has 0 radical (unpaired) electrons. The molecule has 2 N–H and O–H groups in total. The molecule has 0 aliphatic rings.